The van der Waals surface area contributed by atoms with Crippen LogP contribution in [-0.4, -0.2) is 9.97 Å². The van der Waals surface area contributed by atoms with Crippen LogP contribution in [-0.2, 0) is 5.41 Å². The molecule has 0 amide bonds. The number of nitrogens with one attached hydrogen (secondary N) is 1. The van der Waals surface area contributed by atoms with E-state index in [4.69, 9.17) is 16.3 Å². The largest absolute Gasteiger partial charge is 0.437 e. The van der Waals surface area contributed by atoms with Crippen molar-refractivity contribution in [1.29, 1.82) is 0 Å². The van der Waals surface area contributed by atoms with Crippen LogP contribution < -0.4 is 10.1 Å². The molecule has 0 fully saturated rings. The molecule has 142 valence electrons. The van der Waals surface area contributed by atoms with Crippen LogP contribution in [0, 0.1) is 0 Å². The first-order valence-corrected chi connectivity index (χ1v) is 10.1. The van der Waals surface area contributed by atoms with Crippen molar-refractivity contribution in [2.75, 3.05) is 5.32 Å². The number of nitrogens with zero attached hydrogens (tertiary/aromatic N) is 2. The second-order valence-corrected chi connectivity index (χ2v) is 8.93. The molecule has 4 aromatic rings. The van der Waals surface area contributed by atoms with Crippen LogP contribution in [0.1, 0.15) is 26.3 Å². The van der Waals surface area contributed by atoms with Gasteiger partial charge in [-0.15, -0.1) is 0 Å². The van der Waals surface area contributed by atoms with Crippen molar-refractivity contribution in [1.82, 2.24) is 9.97 Å². The van der Waals surface area contributed by atoms with Gasteiger partial charge in [0, 0.05) is 16.8 Å². The number of hydrogen-bond acceptors (Lipinski definition) is 5. The number of pyridine rings is 1. The summed E-state index contributed by atoms with van der Waals surface area (Å²) in [5, 5.41) is 4.77. The van der Waals surface area contributed by atoms with E-state index in [0.29, 0.717) is 10.9 Å². The monoisotopic (exact) mass is 409 g/mol. The molecule has 2 aromatic heterocycles. The number of anilines is 2. The lowest BCUT2D eigenvalue weighted by molar-refractivity contribution is 0.442. The molecule has 0 aliphatic heterocycles. The van der Waals surface area contributed by atoms with Crippen LogP contribution in [0.2, 0.25) is 5.02 Å². The van der Waals surface area contributed by atoms with Crippen LogP contribution >= 0.6 is 22.9 Å². The fraction of sp³-hybridized carbons (Fsp3) is 0.182. The molecule has 0 radical (unpaired) electrons. The van der Waals surface area contributed by atoms with E-state index in [1.165, 1.54) is 0 Å². The maximum absolute atomic E-state index is 6.21. The highest BCUT2D eigenvalue weighted by molar-refractivity contribution is 7.22. The van der Waals surface area contributed by atoms with Crippen LogP contribution in [0.4, 0.5) is 10.8 Å². The minimum absolute atomic E-state index is 0.0364. The molecule has 2 aromatic carbocycles. The molecule has 0 saturated carbocycles. The SMILES string of the molecule is CC(C)(C)c1ccccc1Oc1ncccc1Nc1nc2cc(Cl)ccc2s1. The quantitative estimate of drug-likeness (QED) is 0.387. The summed E-state index contributed by atoms with van der Waals surface area (Å²) < 4.78 is 7.28. The Morgan fingerprint density at radius 1 is 1.04 bits per heavy atom. The number of benzene rings is 2. The zero-order valence-electron chi connectivity index (χ0n) is 15.9. The summed E-state index contributed by atoms with van der Waals surface area (Å²) in [6, 6.07) is 17.6. The average Bonchev–Trinajstić information content (AvgIpc) is 3.04. The van der Waals surface area contributed by atoms with E-state index in [2.05, 4.69) is 42.1 Å². The third-order valence-corrected chi connectivity index (χ3v) is 5.45. The molecule has 6 heteroatoms. The van der Waals surface area contributed by atoms with Gasteiger partial charge in [-0.05, 0) is 41.8 Å². The fourth-order valence-corrected chi connectivity index (χ4v) is 3.94. The van der Waals surface area contributed by atoms with Crippen molar-refractivity contribution >= 4 is 44.0 Å². The topological polar surface area (TPSA) is 47.0 Å². The summed E-state index contributed by atoms with van der Waals surface area (Å²) in [6.07, 6.45) is 1.72. The number of para-hydroxylation sites is 1. The van der Waals surface area contributed by atoms with Gasteiger partial charge in [0.2, 0.25) is 5.88 Å². The molecule has 0 bridgehead atoms. The predicted octanol–water partition coefficient (Wildman–Crippen LogP) is 7.18. The van der Waals surface area contributed by atoms with Crippen LogP contribution in [0.5, 0.6) is 11.6 Å². The molecular formula is C22H20ClN3OS. The second-order valence-electron chi connectivity index (χ2n) is 7.46. The van der Waals surface area contributed by atoms with Crippen molar-refractivity contribution in [3.63, 3.8) is 0 Å². The third kappa shape index (κ3) is 3.96. The Morgan fingerprint density at radius 2 is 1.86 bits per heavy atom. The highest BCUT2D eigenvalue weighted by Gasteiger charge is 2.20. The number of fused-ring (bicyclic) bond motifs is 1. The normalized spacial score (nSPS) is 11.6. The van der Waals surface area contributed by atoms with E-state index in [0.717, 1.165) is 32.3 Å². The molecule has 2 heterocycles. The maximum atomic E-state index is 6.21. The zero-order chi connectivity index (χ0) is 19.7. The summed E-state index contributed by atoms with van der Waals surface area (Å²) in [5.41, 5.74) is 2.72. The number of hydrogen-bond donors (Lipinski definition) is 1. The number of ether oxygens (including phenoxy) is 1. The Kier molecular flexibility index (Phi) is 4.96. The number of rotatable bonds is 4. The molecule has 4 rings (SSSR count). The van der Waals surface area contributed by atoms with Gasteiger partial charge in [0.15, 0.2) is 5.13 Å². The first-order chi connectivity index (χ1) is 13.4. The molecule has 28 heavy (non-hydrogen) atoms. The molecule has 0 spiro atoms. The molecule has 0 atom stereocenters. The van der Waals surface area contributed by atoms with Gasteiger partial charge in [-0.3, -0.25) is 0 Å². The van der Waals surface area contributed by atoms with Crippen LogP contribution in [0.25, 0.3) is 10.2 Å². The minimum atomic E-state index is -0.0364. The Hall–Kier alpha value is -2.63. The highest BCUT2D eigenvalue weighted by Crippen LogP contribution is 2.37. The Labute approximate surface area is 173 Å². The molecular weight excluding hydrogens is 390 g/mol. The van der Waals surface area contributed by atoms with Crippen molar-refractivity contribution in [3.8, 4) is 11.6 Å². The molecule has 0 unspecified atom stereocenters. The first kappa shape index (κ1) is 18.7. The molecule has 4 nitrogen and oxygen atoms in total. The molecule has 1 N–H and O–H groups in total. The van der Waals surface area contributed by atoms with E-state index in [1.54, 1.807) is 17.5 Å². The zero-order valence-corrected chi connectivity index (χ0v) is 17.4. The van der Waals surface area contributed by atoms with Crippen molar-refractivity contribution in [2.45, 2.75) is 26.2 Å². The van der Waals surface area contributed by atoms with Gasteiger partial charge in [-0.25, -0.2) is 9.97 Å². The summed E-state index contributed by atoms with van der Waals surface area (Å²) in [6.45, 7) is 6.50. The van der Waals surface area contributed by atoms with Gasteiger partial charge in [-0.1, -0.05) is 61.9 Å². The van der Waals surface area contributed by atoms with Crippen molar-refractivity contribution < 1.29 is 4.74 Å². The van der Waals surface area contributed by atoms with Crippen LogP contribution in [0.15, 0.2) is 60.8 Å². The van der Waals surface area contributed by atoms with E-state index in [9.17, 15) is 0 Å². The number of halogens is 1. The van der Waals surface area contributed by atoms with Crippen molar-refractivity contribution in [3.05, 3.63) is 71.4 Å². The highest BCUT2D eigenvalue weighted by atomic mass is 35.5. The van der Waals surface area contributed by atoms with E-state index >= 15 is 0 Å². The van der Waals surface area contributed by atoms with Gasteiger partial charge in [-0.2, -0.15) is 0 Å². The summed E-state index contributed by atoms with van der Waals surface area (Å²) in [5.74, 6) is 1.31. The smallest absolute Gasteiger partial charge is 0.243 e. The summed E-state index contributed by atoms with van der Waals surface area (Å²) in [7, 11) is 0. The second kappa shape index (κ2) is 7.41. The summed E-state index contributed by atoms with van der Waals surface area (Å²) >= 11 is 7.63. The van der Waals surface area contributed by atoms with Gasteiger partial charge in [0.1, 0.15) is 11.4 Å². The molecule has 0 aliphatic rings. The van der Waals surface area contributed by atoms with Crippen LogP contribution in [0.3, 0.4) is 0 Å². The Bertz CT molecular complexity index is 1130. The number of thiazole rings is 1. The summed E-state index contributed by atoms with van der Waals surface area (Å²) in [4.78, 5) is 9.05. The van der Waals surface area contributed by atoms with Gasteiger partial charge in [0.25, 0.3) is 0 Å². The molecule has 0 saturated heterocycles. The van der Waals surface area contributed by atoms with Gasteiger partial charge < -0.3 is 10.1 Å². The van der Waals surface area contributed by atoms with Crippen molar-refractivity contribution in [2.24, 2.45) is 0 Å². The van der Waals surface area contributed by atoms with E-state index in [-0.39, 0.29) is 5.41 Å². The standard InChI is InChI=1S/C22H20ClN3OS/c1-22(2,3)15-7-4-5-9-18(15)27-20-16(8-6-12-24-20)25-21-26-17-13-14(23)10-11-19(17)28-21/h4-13H,1-3H3,(H,25,26). The lowest BCUT2D eigenvalue weighted by Crippen LogP contribution is -2.12. The van der Waals surface area contributed by atoms with Gasteiger partial charge in [0.05, 0.1) is 10.2 Å². The lowest BCUT2D eigenvalue weighted by Gasteiger charge is -2.22. The maximum Gasteiger partial charge on any atom is 0.243 e. The Balaban J connectivity index is 1.66. The fourth-order valence-electron chi connectivity index (χ4n) is 2.92. The number of aromatic nitrogens is 2. The van der Waals surface area contributed by atoms with E-state index in [1.807, 2.05) is 48.5 Å². The van der Waals surface area contributed by atoms with E-state index < -0.39 is 0 Å². The molecule has 0 aliphatic carbocycles. The third-order valence-electron chi connectivity index (χ3n) is 4.26. The minimum Gasteiger partial charge on any atom is -0.437 e. The Morgan fingerprint density at radius 3 is 2.68 bits per heavy atom. The lowest BCUT2D eigenvalue weighted by atomic mass is 9.86. The van der Waals surface area contributed by atoms with Gasteiger partial charge >= 0.3 is 0 Å². The predicted molar refractivity (Wildman–Crippen MR) is 117 cm³/mol. The average molecular weight is 410 g/mol. The first-order valence-electron chi connectivity index (χ1n) is 8.96.